The van der Waals surface area contributed by atoms with Crippen LogP contribution in [0.4, 0.5) is 0 Å². The Labute approximate surface area is 130 Å². The van der Waals surface area contributed by atoms with Gasteiger partial charge in [0.1, 0.15) is 0 Å². The first kappa shape index (κ1) is 14.7. The molecule has 0 aliphatic carbocycles. The third-order valence-electron chi connectivity index (χ3n) is 4.18. The summed E-state index contributed by atoms with van der Waals surface area (Å²) < 4.78 is 0. The highest BCUT2D eigenvalue weighted by molar-refractivity contribution is 7.09. The molecule has 0 radical (unpaired) electrons. The summed E-state index contributed by atoms with van der Waals surface area (Å²) in [5.74, 6) is 0. The summed E-state index contributed by atoms with van der Waals surface area (Å²) in [6.07, 6.45) is 2.64. The van der Waals surface area contributed by atoms with Crippen LogP contribution in [-0.2, 0) is 13.0 Å². The van der Waals surface area contributed by atoms with E-state index in [1.807, 2.05) is 13.0 Å². The average molecular weight is 302 g/mol. The molecule has 0 unspecified atom stereocenters. The summed E-state index contributed by atoms with van der Waals surface area (Å²) in [5.41, 5.74) is 2.42. The maximum absolute atomic E-state index is 10.4. The van der Waals surface area contributed by atoms with Gasteiger partial charge in [-0.2, -0.15) is 0 Å². The van der Waals surface area contributed by atoms with Gasteiger partial charge in [0.2, 0.25) is 0 Å². The van der Waals surface area contributed by atoms with Crippen molar-refractivity contribution in [2.75, 3.05) is 6.54 Å². The third kappa shape index (κ3) is 3.70. The quantitative estimate of drug-likeness (QED) is 0.943. The van der Waals surface area contributed by atoms with Crippen LogP contribution in [0.5, 0.6) is 0 Å². The molecule has 1 fully saturated rings. The molecule has 0 saturated carbocycles. The second-order valence-corrected chi connectivity index (χ2v) is 6.86. The lowest BCUT2D eigenvalue weighted by Gasteiger charge is -2.39. The number of aliphatic hydroxyl groups excluding tert-OH is 1. The van der Waals surface area contributed by atoms with Crippen LogP contribution in [0.3, 0.4) is 0 Å². The maximum Gasteiger partial charge on any atom is 0.0897 e. The Morgan fingerprint density at radius 3 is 2.86 bits per heavy atom. The van der Waals surface area contributed by atoms with E-state index in [9.17, 15) is 5.11 Å². The summed E-state index contributed by atoms with van der Waals surface area (Å²) in [6.45, 7) is 3.94. The Kier molecular flexibility index (Phi) is 4.68. The van der Waals surface area contributed by atoms with E-state index in [2.05, 4.69) is 39.5 Å². The monoisotopic (exact) mass is 302 g/mol. The van der Waals surface area contributed by atoms with Gasteiger partial charge in [-0.1, -0.05) is 30.3 Å². The van der Waals surface area contributed by atoms with Crippen molar-refractivity contribution in [2.24, 2.45) is 0 Å². The fraction of sp³-hybridized carbons (Fsp3) is 0.471. The largest absolute Gasteiger partial charge is 0.391 e. The second kappa shape index (κ2) is 6.69. The van der Waals surface area contributed by atoms with Crippen molar-refractivity contribution in [3.05, 3.63) is 52.0 Å². The molecule has 0 bridgehead atoms. The SMILES string of the molecule is Cc1nc(CN2CCC[C@H](O)[C@@H]2Cc2ccccc2)cs1. The topological polar surface area (TPSA) is 36.4 Å². The number of nitrogens with zero attached hydrogens (tertiary/aromatic N) is 2. The highest BCUT2D eigenvalue weighted by Crippen LogP contribution is 2.23. The molecule has 112 valence electrons. The number of benzene rings is 1. The minimum absolute atomic E-state index is 0.197. The van der Waals surface area contributed by atoms with E-state index in [4.69, 9.17) is 0 Å². The molecule has 1 aromatic heterocycles. The number of hydrogen-bond donors (Lipinski definition) is 1. The minimum atomic E-state index is -0.237. The first-order valence-electron chi connectivity index (χ1n) is 7.59. The smallest absolute Gasteiger partial charge is 0.0897 e. The fourth-order valence-corrected chi connectivity index (χ4v) is 3.71. The van der Waals surface area contributed by atoms with E-state index < -0.39 is 0 Å². The standard InChI is InChI=1S/C17H22N2OS/c1-13-18-15(12-21-13)11-19-9-5-8-17(20)16(19)10-14-6-3-2-4-7-14/h2-4,6-7,12,16-17,20H,5,8-11H2,1H3/t16-,17-/m0/s1. The van der Waals surface area contributed by atoms with Gasteiger partial charge in [0.25, 0.3) is 0 Å². The molecule has 3 rings (SSSR count). The fourth-order valence-electron chi connectivity index (χ4n) is 3.11. The highest BCUT2D eigenvalue weighted by Gasteiger charge is 2.30. The maximum atomic E-state index is 10.4. The molecule has 1 saturated heterocycles. The van der Waals surface area contributed by atoms with Crippen LogP contribution in [0.25, 0.3) is 0 Å². The summed E-state index contributed by atoms with van der Waals surface area (Å²) in [6, 6.07) is 10.7. The van der Waals surface area contributed by atoms with Crippen LogP contribution < -0.4 is 0 Å². The van der Waals surface area contributed by atoms with Crippen molar-refractivity contribution < 1.29 is 5.11 Å². The Hall–Kier alpha value is -1.23. The molecule has 4 heteroatoms. The number of rotatable bonds is 4. The lowest BCUT2D eigenvalue weighted by atomic mass is 9.93. The molecule has 1 N–H and O–H groups in total. The second-order valence-electron chi connectivity index (χ2n) is 5.79. The first-order chi connectivity index (χ1) is 10.2. The van der Waals surface area contributed by atoms with Crippen LogP contribution in [-0.4, -0.2) is 33.7 Å². The summed E-state index contributed by atoms with van der Waals surface area (Å²) in [7, 11) is 0. The number of hydrogen-bond acceptors (Lipinski definition) is 4. The number of aromatic nitrogens is 1. The zero-order valence-corrected chi connectivity index (χ0v) is 13.2. The molecule has 1 aromatic carbocycles. The molecule has 1 aliphatic rings. The van der Waals surface area contributed by atoms with Gasteiger partial charge in [0.05, 0.1) is 16.8 Å². The van der Waals surface area contributed by atoms with Gasteiger partial charge in [-0.15, -0.1) is 11.3 Å². The minimum Gasteiger partial charge on any atom is -0.391 e. The molecule has 1 aliphatic heterocycles. The van der Waals surface area contributed by atoms with E-state index >= 15 is 0 Å². The van der Waals surface area contributed by atoms with Crippen LogP contribution in [0.1, 0.15) is 29.1 Å². The lowest BCUT2D eigenvalue weighted by molar-refractivity contribution is 0.00622. The van der Waals surface area contributed by atoms with E-state index in [1.165, 1.54) is 5.56 Å². The van der Waals surface area contributed by atoms with Gasteiger partial charge < -0.3 is 5.11 Å². The zero-order chi connectivity index (χ0) is 14.7. The molecule has 0 amide bonds. The predicted molar refractivity (Wildman–Crippen MR) is 86.4 cm³/mol. The van der Waals surface area contributed by atoms with Gasteiger partial charge in [-0.05, 0) is 38.3 Å². The van der Waals surface area contributed by atoms with Gasteiger partial charge in [-0.25, -0.2) is 4.98 Å². The first-order valence-corrected chi connectivity index (χ1v) is 8.47. The van der Waals surface area contributed by atoms with E-state index in [0.717, 1.165) is 43.1 Å². The molecular formula is C17H22N2OS. The zero-order valence-electron chi connectivity index (χ0n) is 12.4. The Bertz CT molecular complexity index is 569. The normalized spacial score (nSPS) is 23.3. The Morgan fingerprint density at radius 2 is 2.14 bits per heavy atom. The van der Waals surface area contributed by atoms with Crippen molar-refractivity contribution in [3.63, 3.8) is 0 Å². The van der Waals surface area contributed by atoms with Crippen LogP contribution in [0, 0.1) is 6.92 Å². The predicted octanol–water partition coefficient (Wildman–Crippen LogP) is 3.02. The van der Waals surface area contributed by atoms with Crippen LogP contribution in [0.2, 0.25) is 0 Å². The molecule has 2 heterocycles. The van der Waals surface area contributed by atoms with Gasteiger partial charge in [0, 0.05) is 18.0 Å². The van der Waals surface area contributed by atoms with Crippen molar-refractivity contribution in [1.82, 2.24) is 9.88 Å². The molecule has 21 heavy (non-hydrogen) atoms. The number of thiazole rings is 1. The summed E-state index contributed by atoms with van der Waals surface area (Å²) >= 11 is 1.70. The third-order valence-corrected chi connectivity index (χ3v) is 5.00. The number of likely N-dealkylation sites (tertiary alicyclic amines) is 1. The van der Waals surface area contributed by atoms with Crippen LogP contribution >= 0.6 is 11.3 Å². The number of piperidine rings is 1. The van der Waals surface area contributed by atoms with Crippen molar-refractivity contribution in [2.45, 2.75) is 44.9 Å². The lowest BCUT2D eigenvalue weighted by Crippen LogP contribution is -2.48. The summed E-state index contributed by atoms with van der Waals surface area (Å²) in [4.78, 5) is 6.96. The van der Waals surface area contributed by atoms with E-state index in [1.54, 1.807) is 11.3 Å². The Balaban J connectivity index is 1.73. The van der Waals surface area contributed by atoms with Crippen molar-refractivity contribution >= 4 is 11.3 Å². The molecule has 2 aromatic rings. The molecule has 3 nitrogen and oxygen atoms in total. The van der Waals surface area contributed by atoms with E-state index in [0.29, 0.717) is 0 Å². The number of aliphatic hydroxyl groups is 1. The molecular weight excluding hydrogens is 280 g/mol. The van der Waals surface area contributed by atoms with Gasteiger partial charge in [0.15, 0.2) is 0 Å². The van der Waals surface area contributed by atoms with Gasteiger partial charge >= 0.3 is 0 Å². The van der Waals surface area contributed by atoms with Crippen LogP contribution in [0.15, 0.2) is 35.7 Å². The van der Waals surface area contributed by atoms with Crippen molar-refractivity contribution in [1.29, 1.82) is 0 Å². The highest BCUT2D eigenvalue weighted by atomic mass is 32.1. The number of aryl methyl sites for hydroxylation is 1. The van der Waals surface area contributed by atoms with E-state index in [-0.39, 0.29) is 12.1 Å². The molecule has 2 atom stereocenters. The Morgan fingerprint density at radius 1 is 1.33 bits per heavy atom. The average Bonchev–Trinajstić information content (AvgIpc) is 2.89. The van der Waals surface area contributed by atoms with Gasteiger partial charge in [-0.3, -0.25) is 4.90 Å². The summed E-state index contributed by atoms with van der Waals surface area (Å²) in [5, 5.41) is 13.7. The van der Waals surface area contributed by atoms with Crippen molar-refractivity contribution in [3.8, 4) is 0 Å². The molecule has 0 spiro atoms.